The van der Waals surface area contributed by atoms with E-state index >= 15 is 0 Å². The van der Waals surface area contributed by atoms with Crippen molar-refractivity contribution in [3.63, 3.8) is 0 Å². The molecule has 0 aliphatic heterocycles. The summed E-state index contributed by atoms with van der Waals surface area (Å²) in [6.45, 7) is 0. The van der Waals surface area contributed by atoms with E-state index in [1.54, 1.807) is 0 Å². The Balaban J connectivity index is 0.000000146. The third-order valence-electron chi connectivity index (χ3n) is 25.9. The number of aromatic nitrogens is 2. The van der Waals surface area contributed by atoms with Gasteiger partial charge in [-0.3, -0.25) is 0 Å². The Morgan fingerprint density at radius 3 is 0.939 bits per heavy atom. The highest BCUT2D eigenvalue weighted by molar-refractivity contribution is 6.15. The molecule has 6 heteroatoms. The fraction of sp³-hybridized carbons (Fsp3) is 0. The lowest BCUT2D eigenvalue weighted by Gasteiger charge is -2.26. The summed E-state index contributed by atoms with van der Waals surface area (Å²) in [5.74, 6) is 0. The van der Waals surface area contributed by atoms with Gasteiger partial charge in [0.1, 0.15) is 22.3 Å². The standard InChI is InChI=1S/C66H44N2O.C60H40N2O/c1-4-18-45(19-5-1)48-22-15-28-56(42-48)67(54-24-6-2-7-25-54)57-29-16-23-49(43-57)46-20-14-21-47(38-46)51-39-52(41-53(40-51)58-32-17-33-61-60-31-11-13-35-65(60)69-66(58)61)50-36-37-64-62(44-50)59-30-10-12-34-63(59)68(64)55-26-8-3-9-27-55;1-4-17-46(18-5-1)61(47-19-6-2-7-20-47)49-23-14-16-43(38-49)41-30-32-42(33-31-41)50-36-34-44(39-55(50)54-27-15-26-53-52-25-11-13-29-59(52)63-60(53)54)45-35-37-58-56(40-45)51-24-10-12-28-57(51)62(58)48-21-8-3-9-22-48/h1-44H;1-40H. The van der Waals surface area contributed by atoms with Crippen molar-refractivity contribution in [1.82, 2.24) is 9.13 Å². The quantitative estimate of drug-likeness (QED) is 0.0911. The van der Waals surface area contributed by atoms with Crippen molar-refractivity contribution < 1.29 is 8.83 Å². The van der Waals surface area contributed by atoms with E-state index in [0.717, 1.165) is 173 Å². The number of benzene rings is 21. The summed E-state index contributed by atoms with van der Waals surface area (Å²) in [5, 5.41) is 9.39. The predicted octanol–water partition coefficient (Wildman–Crippen LogP) is 35.3. The van der Waals surface area contributed by atoms with E-state index < -0.39 is 0 Å². The van der Waals surface area contributed by atoms with Crippen molar-refractivity contribution in [2.75, 3.05) is 9.80 Å². The summed E-state index contributed by atoms with van der Waals surface area (Å²) in [7, 11) is 0. The number of hydrogen-bond acceptors (Lipinski definition) is 4. The SMILES string of the molecule is c1ccc(-c2cccc(N(c3ccccc3)c3cccc(-c4cccc(-c5cc(-c6ccc7c(c6)c6ccccc6n7-c6ccccc6)cc(-c6cccc7c6oc6ccccc67)c5)c4)c3)c2)cc1.c1ccc(N(c2ccccc2)c2cccc(-c3ccc(-c4ccc(-c5ccc6c(c5)c5ccccc5n6-c5ccccc5)cc4-c4cccc5c4oc4ccccc45)cc3)c2)cc1. The lowest BCUT2D eigenvalue weighted by atomic mass is 9.89. The zero-order valence-corrected chi connectivity index (χ0v) is 72.1. The van der Waals surface area contributed by atoms with E-state index in [0.29, 0.717) is 0 Å². The van der Waals surface area contributed by atoms with Crippen molar-refractivity contribution in [1.29, 1.82) is 0 Å². The molecule has 4 aromatic heterocycles. The number of para-hydroxylation sites is 11. The molecule has 0 saturated carbocycles. The minimum absolute atomic E-state index is 0.890. The second-order valence-corrected chi connectivity index (χ2v) is 33.8. The van der Waals surface area contributed by atoms with Gasteiger partial charge in [-0.1, -0.05) is 334 Å². The van der Waals surface area contributed by atoms with Crippen LogP contribution >= 0.6 is 0 Å². The number of rotatable bonds is 17. The molecule has 0 aliphatic rings. The molecule has 0 radical (unpaired) electrons. The molecule has 620 valence electrons. The Bertz CT molecular complexity index is 8590. The zero-order chi connectivity index (χ0) is 87.4. The van der Waals surface area contributed by atoms with Crippen LogP contribution in [0.25, 0.3) is 199 Å². The topological polar surface area (TPSA) is 42.6 Å². The van der Waals surface area contributed by atoms with Crippen LogP contribution < -0.4 is 9.80 Å². The minimum Gasteiger partial charge on any atom is -0.455 e. The third kappa shape index (κ3) is 14.4. The minimum atomic E-state index is 0.890. The van der Waals surface area contributed by atoms with Crippen molar-refractivity contribution in [3.8, 4) is 112 Å². The Morgan fingerprint density at radius 2 is 0.439 bits per heavy atom. The lowest BCUT2D eigenvalue weighted by molar-refractivity contribution is 0.669. The molecule has 0 unspecified atom stereocenters. The van der Waals surface area contributed by atoms with Gasteiger partial charge in [-0.2, -0.15) is 0 Å². The van der Waals surface area contributed by atoms with Gasteiger partial charge in [-0.15, -0.1) is 0 Å². The smallest absolute Gasteiger partial charge is 0.143 e. The molecule has 0 saturated heterocycles. The lowest BCUT2D eigenvalue weighted by Crippen LogP contribution is -2.10. The second-order valence-electron chi connectivity index (χ2n) is 33.8. The van der Waals surface area contributed by atoms with Gasteiger partial charge in [-0.25, -0.2) is 0 Å². The summed E-state index contributed by atoms with van der Waals surface area (Å²) in [6.07, 6.45) is 0. The summed E-state index contributed by atoms with van der Waals surface area (Å²) in [5.41, 5.74) is 37.7. The normalized spacial score (nSPS) is 11.5. The van der Waals surface area contributed by atoms with E-state index in [1.807, 2.05) is 12.1 Å². The molecule has 0 bridgehead atoms. The molecule has 6 nitrogen and oxygen atoms in total. The molecule has 25 aromatic rings. The summed E-state index contributed by atoms with van der Waals surface area (Å²) < 4.78 is 18.1. The number of hydrogen-bond donors (Lipinski definition) is 0. The molecule has 0 amide bonds. The van der Waals surface area contributed by atoms with Crippen molar-refractivity contribution in [2.24, 2.45) is 0 Å². The van der Waals surface area contributed by atoms with Gasteiger partial charge in [0.05, 0.1) is 22.1 Å². The fourth-order valence-corrected chi connectivity index (χ4v) is 19.7. The molecule has 21 aromatic carbocycles. The van der Waals surface area contributed by atoms with Crippen LogP contribution in [0.5, 0.6) is 0 Å². The van der Waals surface area contributed by atoms with Gasteiger partial charge < -0.3 is 27.8 Å². The second kappa shape index (κ2) is 33.6. The van der Waals surface area contributed by atoms with Crippen molar-refractivity contribution in [3.05, 3.63) is 510 Å². The Kier molecular flexibility index (Phi) is 19.9. The molecule has 25 rings (SSSR count). The largest absolute Gasteiger partial charge is 0.455 e. The maximum absolute atomic E-state index is 6.69. The molecular formula is C126H84N4O2. The van der Waals surface area contributed by atoms with Gasteiger partial charge in [0, 0.05) is 99.7 Å². The van der Waals surface area contributed by atoms with Crippen LogP contribution in [0.15, 0.2) is 518 Å². The maximum atomic E-state index is 6.69. The Hall–Kier alpha value is -17.6. The Labute approximate surface area is 765 Å². The van der Waals surface area contributed by atoms with Crippen LogP contribution in [0.2, 0.25) is 0 Å². The van der Waals surface area contributed by atoms with Gasteiger partial charge in [-0.05, 0) is 265 Å². The van der Waals surface area contributed by atoms with E-state index in [9.17, 15) is 0 Å². The molecule has 4 heterocycles. The molecule has 0 spiro atoms. The van der Waals surface area contributed by atoms with Crippen LogP contribution in [0.3, 0.4) is 0 Å². The van der Waals surface area contributed by atoms with Crippen LogP contribution in [0.4, 0.5) is 34.1 Å². The maximum Gasteiger partial charge on any atom is 0.143 e. The first-order chi connectivity index (χ1) is 65.4. The van der Waals surface area contributed by atoms with Gasteiger partial charge in [0.25, 0.3) is 0 Å². The summed E-state index contributed by atoms with van der Waals surface area (Å²) >= 11 is 0. The number of nitrogens with zero attached hydrogens (tertiary/aromatic N) is 4. The molecule has 0 aliphatic carbocycles. The monoisotopic (exact) mass is 1680 g/mol. The van der Waals surface area contributed by atoms with Crippen LogP contribution in [-0.4, -0.2) is 9.13 Å². The number of anilines is 6. The van der Waals surface area contributed by atoms with Gasteiger partial charge in [0.2, 0.25) is 0 Å². The van der Waals surface area contributed by atoms with Crippen molar-refractivity contribution in [2.45, 2.75) is 0 Å². The highest BCUT2D eigenvalue weighted by Crippen LogP contribution is 2.48. The molecule has 0 fully saturated rings. The third-order valence-corrected chi connectivity index (χ3v) is 25.9. The van der Waals surface area contributed by atoms with E-state index in [4.69, 9.17) is 8.83 Å². The number of fused-ring (bicyclic) bond motifs is 12. The van der Waals surface area contributed by atoms with E-state index in [-0.39, 0.29) is 0 Å². The van der Waals surface area contributed by atoms with Crippen LogP contribution in [0.1, 0.15) is 0 Å². The van der Waals surface area contributed by atoms with E-state index in [2.05, 4.69) is 516 Å². The first kappa shape index (κ1) is 77.9. The Morgan fingerprint density at radius 1 is 0.144 bits per heavy atom. The summed E-state index contributed by atoms with van der Waals surface area (Å²) in [4.78, 5) is 4.66. The highest BCUT2D eigenvalue weighted by atomic mass is 16.3. The predicted molar refractivity (Wildman–Crippen MR) is 554 cm³/mol. The average molecular weight is 1690 g/mol. The van der Waals surface area contributed by atoms with Crippen LogP contribution in [-0.2, 0) is 0 Å². The molecule has 132 heavy (non-hydrogen) atoms. The van der Waals surface area contributed by atoms with E-state index in [1.165, 1.54) is 60.3 Å². The average Bonchev–Trinajstić information content (AvgIpc) is 1.57. The van der Waals surface area contributed by atoms with Gasteiger partial charge in [0.15, 0.2) is 0 Å². The highest BCUT2D eigenvalue weighted by Gasteiger charge is 2.24. The van der Waals surface area contributed by atoms with Gasteiger partial charge >= 0.3 is 0 Å². The zero-order valence-electron chi connectivity index (χ0n) is 72.1. The first-order valence-electron chi connectivity index (χ1n) is 45.1. The number of furan rings is 2. The summed E-state index contributed by atoms with van der Waals surface area (Å²) in [6, 6.07) is 183. The van der Waals surface area contributed by atoms with Crippen molar-refractivity contribution >= 4 is 122 Å². The van der Waals surface area contributed by atoms with Crippen LogP contribution in [0, 0.1) is 0 Å². The molecular weight excluding hydrogens is 1600 g/mol. The fourth-order valence-electron chi connectivity index (χ4n) is 19.7. The first-order valence-corrected chi connectivity index (χ1v) is 45.1. The molecule has 0 N–H and O–H groups in total. The molecule has 0 atom stereocenters.